The maximum atomic E-state index is 14.1. The van der Waals surface area contributed by atoms with Gasteiger partial charge in [-0.05, 0) is 41.2 Å². The minimum Gasteiger partial charge on any atom is -0.325 e. The molecule has 38 heavy (non-hydrogen) atoms. The van der Waals surface area contributed by atoms with Gasteiger partial charge in [-0.2, -0.15) is 18.4 Å². The minimum atomic E-state index is -4.65. The summed E-state index contributed by atoms with van der Waals surface area (Å²) in [5, 5.41) is 12.8. The Hall–Kier alpha value is -3.87. The molecule has 7 nitrogen and oxygen atoms in total. The molecule has 2 aromatic carbocycles. The molecule has 0 bridgehead atoms. The van der Waals surface area contributed by atoms with Crippen molar-refractivity contribution in [3.05, 3.63) is 64.7 Å². The Morgan fingerprint density at radius 2 is 1.87 bits per heavy atom. The molecule has 3 amide bonds. The predicted molar refractivity (Wildman–Crippen MR) is 132 cm³/mol. The molecule has 1 N–H and O–H groups in total. The van der Waals surface area contributed by atoms with E-state index in [0.29, 0.717) is 11.3 Å². The number of benzene rings is 2. The summed E-state index contributed by atoms with van der Waals surface area (Å²) in [5.41, 5.74) is -1.39. The summed E-state index contributed by atoms with van der Waals surface area (Å²) in [4.78, 5) is 43.2. The van der Waals surface area contributed by atoms with Gasteiger partial charge in [0, 0.05) is 30.8 Å². The van der Waals surface area contributed by atoms with Gasteiger partial charge in [-0.3, -0.25) is 14.4 Å². The number of nitrogens with one attached hydrogen (secondary N) is 1. The second kappa shape index (κ2) is 8.58. The number of alkyl halides is 3. The van der Waals surface area contributed by atoms with Crippen LogP contribution >= 0.6 is 0 Å². The first kappa shape index (κ1) is 25.8. The van der Waals surface area contributed by atoms with Crippen LogP contribution in [0.5, 0.6) is 0 Å². The Morgan fingerprint density at radius 1 is 1.16 bits per heavy atom. The van der Waals surface area contributed by atoms with Crippen molar-refractivity contribution >= 4 is 23.4 Å². The summed E-state index contributed by atoms with van der Waals surface area (Å²) in [6.07, 6.45) is -4.40. The number of rotatable bonds is 3. The Balaban J connectivity index is 1.52. The Bertz CT molecular complexity index is 1390. The monoisotopic (exact) mass is 524 g/mol. The molecule has 3 atom stereocenters. The van der Waals surface area contributed by atoms with E-state index in [1.165, 1.54) is 21.9 Å². The maximum Gasteiger partial charge on any atom is 0.416 e. The molecule has 198 valence electrons. The number of amides is 3. The van der Waals surface area contributed by atoms with Crippen LogP contribution in [0.15, 0.2) is 42.5 Å². The predicted octanol–water partition coefficient (Wildman–Crippen LogP) is 4.48. The van der Waals surface area contributed by atoms with Crippen molar-refractivity contribution < 1.29 is 27.6 Å². The molecule has 3 heterocycles. The van der Waals surface area contributed by atoms with Crippen LogP contribution in [0.4, 0.5) is 18.9 Å². The summed E-state index contributed by atoms with van der Waals surface area (Å²) in [6, 6.07) is 10.7. The van der Waals surface area contributed by atoms with Gasteiger partial charge in [-0.25, -0.2) is 0 Å². The van der Waals surface area contributed by atoms with E-state index in [9.17, 15) is 32.8 Å². The summed E-state index contributed by atoms with van der Waals surface area (Å²) in [5.74, 6) is -1.50. The highest BCUT2D eigenvalue weighted by molar-refractivity contribution is 6.07. The average Bonchev–Trinajstić information content (AvgIpc) is 3.48. The lowest BCUT2D eigenvalue weighted by molar-refractivity contribution is -0.138. The third-order valence-electron chi connectivity index (χ3n) is 7.68. The Kier molecular flexibility index (Phi) is 5.82. The van der Waals surface area contributed by atoms with Gasteiger partial charge in [-0.1, -0.05) is 45.0 Å². The number of halogens is 3. The van der Waals surface area contributed by atoms with Crippen molar-refractivity contribution in [1.82, 2.24) is 9.80 Å². The second-order valence-corrected chi connectivity index (χ2v) is 11.4. The van der Waals surface area contributed by atoms with Crippen LogP contribution in [0, 0.1) is 16.7 Å². The number of para-hydroxylation sites is 1. The van der Waals surface area contributed by atoms with E-state index in [2.05, 4.69) is 11.4 Å². The van der Waals surface area contributed by atoms with Crippen LogP contribution < -0.4 is 5.32 Å². The summed E-state index contributed by atoms with van der Waals surface area (Å²) >= 11 is 0. The molecule has 3 aliphatic heterocycles. The van der Waals surface area contributed by atoms with E-state index >= 15 is 0 Å². The number of hydrogen-bond donors (Lipinski definition) is 1. The molecule has 0 radical (unpaired) electrons. The lowest BCUT2D eigenvalue weighted by Crippen LogP contribution is -2.52. The van der Waals surface area contributed by atoms with Gasteiger partial charge in [0.05, 0.1) is 17.0 Å². The standard InChI is InChI=1S/C28H27F3N4O3/c1-26(2,3)12-22(34-14-18-17(23(34)36)7-6-9-19(18)28(29,30)31)24(37)35-15-27(11-16(35)13-32)20-8-4-5-10-21(20)33-25(27)38/h4-10,16,22H,11-12,14-15H2,1-3H3,(H,33,38)/t16-,22-,27-/m0/s1. The smallest absolute Gasteiger partial charge is 0.325 e. The molecule has 1 fully saturated rings. The first-order chi connectivity index (χ1) is 17.8. The number of fused-ring (bicyclic) bond motifs is 3. The summed E-state index contributed by atoms with van der Waals surface area (Å²) in [6.45, 7) is 5.19. The zero-order valence-electron chi connectivity index (χ0n) is 21.2. The van der Waals surface area contributed by atoms with Gasteiger partial charge in [0.15, 0.2) is 0 Å². The highest BCUT2D eigenvalue weighted by atomic mass is 19.4. The Labute approximate surface area is 218 Å². The summed E-state index contributed by atoms with van der Waals surface area (Å²) in [7, 11) is 0. The van der Waals surface area contributed by atoms with Crippen LogP contribution in [-0.2, 0) is 27.7 Å². The van der Waals surface area contributed by atoms with Crippen LogP contribution in [0.2, 0.25) is 0 Å². The molecule has 0 aliphatic carbocycles. The topological polar surface area (TPSA) is 93.5 Å². The van der Waals surface area contributed by atoms with Gasteiger partial charge in [0.2, 0.25) is 11.8 Å². The molecule has 0 aromatic heterocycles. The lowest BCUT2D eigenvalue weighted by atomic mass is 9.80. The molecular weight excluding hydrogens is 497 g/mol. The molecule has 2 aromatic rings. The second-order valence-electron chi connectivity index (χ2n) is 11.4. The van der Waals surface area contributed by atoms with E-state index in [0.717, 1.165) is 6.07 Å². The minimum absolute atomic E-state index is 0.0592. The fourth-order valence-electron chi connectivity index (χ4n) is 5.96. The van der Waals surface area contributed by atoms with E-state index in [1.807, 2.05) is 20.8 Å². The SMILES string of the molecule is CC(C)(C)C[C@@H](C(=O)N1C[C@]2(C[C@H]1C#N)C(=O)Nc1ccccc12)N1Cc2c(cccc2C(F)(F)F)C1=O. The fraction of sp³-hybridized carbons (Fsp3) is 0.429. The van der Waals surface area contributed by atoms with Gasteiger partial charge in [0.1, 0.15) is 12.1 Å². The zero-order chi connectivity index (χ0) is 27.6. The molecule has 5 rings (SSSR count). The highest BCUT2D eigenvalue weighted by Gasteiger charge is 2.57. The number of nitrogens with zero attached hydrogens (tertiary/aromatic N) is 3. The maximum absolute atomic E-state index is 14.1. The first-order valence-corrected chi connectivity index (χ1v) is 12.4. The largest absolute Gasteiger partial charge is 0.416 e. The van der Waals surface area contributed by atoms with Crippen molar-refractivity contribution in [3.8, 4) is 6.07 Å². The quantitative estimate of drug-likeness (QED) is 0.641. The fourth-order valence-corrected chi connectivity index (χ4v) is 5.96. The normalized spacial score (nSPS) is 23.3. The molecule has 0 saturated carbocycles. The van der Waals surface area contributed by atoms with E-state index in [-0.39, 0.29) is 43.0 Å². The first-order valence-electron chi connectivity index (χ1n) is 12.4. The van der Waals surface area contributed by atoms with Crippen molar-refractivity contribution in [2.24, 2.45) is 5.41 Å². The van der Waals surface area contributed by atoms with E-state index in [4.69, 9.17) is 0 Å². The Morgan fingerprint density at radius 3 is 2.53 bits per heavy atom. The van der Waals surface area contributed by atoms with Crippen LogP contribution in [0.3, 0.4) is 0 Å². The lowest BCUT2D eigenvalue weighted by Gasteiger charge is -2.35. The number of nitriles is 1. The summed E-state index contributed by atoms with van der Waals surface area (Å²) < 4.78 is 41.2. The molecule has 1 spiro atoms. The van der Waals surface area contributed by atoms with Gasteiger partial charge in [0.25, 0.3) is 5.91 Å². The molecule has 3 aliphatic rings. The number of anilines is 1. The average molecular weight is 525 g/mol. The van der Waals surface area contributed by atoms with E-state index < -0.39 is 46.5 Å². The van der Waals surface area contributed by atoms with Gasteiger partial charge in [-0.15, -0.1) is 0 Å². The van der Waals surface area contributed by atoms with Gasteiger partial charge < -0.3 is 15.1 Å². The molecular formula is C28H27F3N4O3. The van der Waals surface area contributed by atoms with Crippen LogP contribution in [0.1, 0.15) is 60.7 Å². The van der Waals surface area contributed by atoms with E-state index in [1.54, 1.807) is 24.3 Å². The van der Waals surface area contributed by atoms with Crippen molar-refractivity contribution in [3.63, 3.8) is 0 Å². The third kappa shape index (κ3) is 4.01. The van der Waals surface area contributed by atoms with Crippen molar-refractivity contribution in [1.29, 1.82) is 5.26 Å². The zero-order valence-corrected chi connectivity index (χ0v) is 21.2. The number of hydrogen-bond acceptors (Lipinski definition) is 4. The van der Waals surface area contributed by atoms with Crippen molar-refractivity contribution in [2.45, 2.75) is 63.8 Å². The number of carbonyl (C=O) groups is 3. The number of likely N-dealkylation sites (tertiary alicyclic amines) is 1. The van der Waals surface area contributed by atoms with Crippen LogP contribution in [0.25, 0.3) is 0 Å². The molecule has 10 heteroatoms. The van der Waals surface area contributed by atoms with Gasteiger partial charge >= 0.3 is 6.18 Å². The van der Waals surface area contributed by atoms with Crippen LogP contribution in [-0.4, -0.2) is 46.1 Å². The number of carbonyl (C=O) groups excluding carboxylic acids is 3. The highest BCUT2D eigenvalue weighted by Crippen LogP contribution is 2.47. The third-order valence-corrected chi connectivity index (χ3v) is 7.68. The molecule has 0 unspecified atom stereocenters. The molecule has 1 saturated heterocycles. The van der Waals surface area contributed by atoms with Crippen molar-refractivity contribution in [2.75, 3.05) is 11.9 Å².